The molecule has 1 fully saturated rings. The average molecular weight is 441 g/mol. The third-order valence-corrected chi connectivity index (χ3v) is 6.10. The summed E-state index contributed by atoms with van der Waals surface area (Å²) in [6, 6.07) is 18.5. The molecule has 7 heteroatoms. The Balaban J connectivity index is 1.75. The minimum Gasteiger partial charge on any atom is -0.480 e. The van der Waals surface area contributed by atoms with Crippen LogP contribution in [0, 0.1) is 0 Å². The quantitative estimate of drug-likeness (QED) is 0.447. The molecule has 0 radical (unpaired) electrons. The Morgan fingerprint density at radius 1 is 1.17 bits per heavy atom. The van der Waals surface area contributed by atoms with Crippen molar-refractivity contribution in [3.05, 3.63) is 70.6 Å². The summed E-state index contributed by atoms with van der Waals surface area (Å²) in [5.41, 5.74) is 3.27. The number of anilines is 1. The molecule has 5 nitrogen and oxygen atoms in total. The van der Waals surface area contributed by atoms with Crippen molar-refractivity contribution >= 4 is 51.9 Å². The van der Waals surface area contributed by atoms with E-state index in [1.165, 1.54) is 5.56 Å². The van der Waals surface area contributed by atoms with Crippen molar-refractivity contribution in [1.82, 2.24) is 4.90 Å². The Labute approximate surface area is 186 Å². The maximum Gasteiger partial charge on any atom is 0.323 e. The summed E-state index contributed by atoms with van der Waals surface area (Å²) < 4.78 is 0.277. The van der Waals surface area contributed by atoms with Gasteiger partial charge in [-0.25, -0.2) is 0 Å². The van der Waals surface area contributed by atoms with Crippen molar-refractivity contribution in [3.8, 4) is 0 Å². The first kappa shape index (κ1) is 22.1. The van der Waals surface area contributed by atoms with E-state index in [0.717, 1.165) is 53.8 Å². The van der Waals surface area contributed by atoms with Crippen LogP contribution in [-0.2, 0) is 16.1 Å². The number of hydrogen-bond acceptors (Lipinski definition) is 5. The molecule has 1 amide bonds. The van der Waals surface area contributed by atoms with Gasteiger partial charge in [0.25, 0.3) is 5.91 Å². The lowest BCUT2D eigenvalue weighted by Gasteiger charge is -2.25. The van der Waals surface area contributed by atoms with Crippen molar-refractivity contribution in [2.24, 2.45) is 0 Å². The van der Waals surface area contributed by atoms with Crippen molar-refractivity contribution < 1.29 is 14.7 Å². The first-order valence-electron chi connectivity index (χ1n) is 9.84. The molecule has 0 atom stereocenters. The van der Waals surface area contributed by atoms with E-state index in [9.17, 15) is 9.59 Å². The number of rotatable bonds is 9. The number of thioether (sulfide) groups is 1. The van der Waals surface area contributed by atoms with Crippen LogP contribution in [0.15, 0.2) is 59.5 Å². The molecule has 1 saturated heterocycles. The fourth-order valence-corrected chi connectivity index (χ4v) is 4.41. The third kappa shape index (κ3) is 5.70. The molecule has 156 valence electrons. The number of aliphatic carboxylic acids is 1. The van der Waals surface area contributed by atoms with Gasteiger partial charge in [-0.05, 0) is 35.8 Å². The highest BCUT2D eigenvalue weighted by Crippen LogP contribution is 2.32. The van der Waals surface area contributed by atoms with E-state index < -0.39 is 12.5 Å². The number of thiocarbonyl (C=S) groups is 1. The van der Waals surface area contributed by atoms with Gasteiger partial charge in [-0.1, -0.05) is 79.8 Å². The minimum absolute atomic E-state index is 0.277. The minimum atomic E-state index is -1.08. The Kier molecular flexibility index (Phi) is 7.65. The second-order valence-electron chi connectivity index (χ2n) is 7.01. The monoisotopic (exact) mass is 440 g/mol. The molecule has 0 bridgehead atoms. The molecule has 0 aromatic heterocycles. The Bertz CT molecular complexity index is 943. The highest BCUT2D eigenvalue weighted by molar-refractivity contribution is 8.26. The molecule has 0 spiro atoms. The van der Waals surface area contributed by atoms with Crippen LogP contribution in [0.25, 0.3) is 6.08 Å². The Morgan fingerprint density at radius 3 is 2.50 bits per heavy atom. The van der Waals surface area contributed by atoms with E-state index in [2.05, 4.69) is 48.2 Å². The van der Waals surface area contributed by atoms with Gasteiger partial charge in [-0.3, -0.25) is 14.5 Å². The number of nitrogens with zero attached hydrogens (tertiary/aromatic N) is 2. The maximum atomic E-state index is 12.4. The number of amides is 1. The van der Waals surface area contributed by atoms with Gasteiger partial charge in [0, 0.05) is 18.8 Å². The molecule has 2 aromatic rings. The van der Waals surface area contributed by atoms with Gasteiger partial charge in [0.05, 0.1) is 4.91 Å². The van der Waals surface area contributed by atoms with Crippen LogP contribution >= 0.6 is 24.0 Å². The highest BCUT2D eigenvalue weighted by atomic mass is 32.2. The zero-order valence-electron chi connectivity index (χ0n) is 16.8. The summed E-state index contributed by atoms with van der Waals surface area (Å²) in [7, 11) is 0. The molecule has 1 heterocycles. The highest BCUT2D eigenvalue weighted by Gasteiger charge is 2.33. The van der Waals surface area contributed by atoms with Crippen LogP contribution in [0.3, 0.4) is 0 Å². The molecule has 2 aromatic carbocycles. The van der Waals surface area contributed by atoms with Crippen molar-refractivity contribution in [1.29, 1.82) is 0 Å². The van der Waals surface area contributed by atoms with Crippen LogP contribution in [-0.4, -0.2) is 39.3 Å². The summed E-state index contributed by atoms with van der Waals surface area (Å²) >= 11 is 6.28. The molecular weight excluding hydrogens is 416 g/mol. The largest absolute Gasteiger partial charge is 0.480 e. The van der Waals surface area contributed by atoms with E-state index in [1.807, 2.05) is 18.2 Å². The van der Waals surface area contributed by atoms with Crippen molar-refractivity contribution in [3.63, 3.8) is 0 Å². The van der Waals surface area contributed by atoms with Gasteiger partial charge in [0.1, 0.15) is 10.9 Å². The maximum absolute atomic E-state index is 12.4. The lowest BCUT2D eigenvalue weighted by molar-refractivity contribution is -0.140. The van der Waals surface area contributed by atoms with Crippen LogP contribution in [0.2, 0.25) is 0 Å². The summed E-state index contributed by atoms with van der Waals surface area (Å²) in [6.07, 6.45) is 4.00. The van der Waals surface area contributed by atoms with Gasteiger partial charge in [0.15, 0.2) is 0 Å². The molecule has 1 aliphatic rings. The van der Waals surface area contributed by atoms with Crippen LogP contribution in [0.1, 0.15) is 30.9 Å². The van der Waals surface area contributed by atoms with E-state index >= 15 is 0 Å². The molecule has 0 unspecified atom stereocenters. The van der Waals surface area contributed by atoms with Gasteiger partial charge in [-0.15, -0.1) is 0 Å². The van der Waals surface area contributed by atoms with E-state index in [-0.39, 0.29) is 10.2 Å². The normalized spacial score (nSPS) is 15.1. The average Bonchev–Trinajstić information content (AvgIpc) is 2.99. The summed E-state index contributed by atoms with van der Waals surface area (Å²) in [5.74, 6) is -1.44. The smallest absolute Gasteiger partial charge is 0.323 e. The number of hydrogen-bond donors (Lipinski definition) is 1. The second-order valence-corrected chi connectivity index (χ2v) is 8.69. The summed E-state index contributed by atoms with van der Waals surface area (Å²) in [6.45, 7) is 3.59. The molecule has 0 aliphatic carbocycles. The SMILES string of the molecule is CCCCN(Cc1ccccc1)c1ccc(/C=C2\SC(=S)N(CC(=O)O)C2=O)cc1. The topological polar surface area (TPSA) is 60.9 Å². The lowest BCUT2D eigenvalue weighted by Crippen LogP contribution is -2.33. The summed E-state index contributed by atoms with van der Waals surface area (Å²) in [5, 5.41) is 8.95. The van der Waals surface area contributed by atoms with Gasteiger partial charge >= 0.3 is 5.97 Å². The lowest BCUT2D eigenvalue weighted by atomic mass is 10.1. The predicted molar refractivity (Wildman–Crippen MR) is 126 cm³/mol. The van der Waals surface area contributed by atoms with E-state index in [4.69, 9.17) is 17.3 Å². The Hall–Kier alpha value is -2.64. The van der Waals surface area contributed by atoms with E-state index in [1.54, 1.807) is 6.08 Å². The number of carbonyl (C=O) groups is 2. The van der Waals surface area contributed by atoms with Crippen LogP contribution < -0.4 is 4.90 Å². The molecular formula is C23H24N2O3S2. The van der Waals surface area contributed by atoms with Gasteiger partial charge in [0.2, 0.25) is 0 Å². The number of carboxylic acid groups (broad SMARTS) is 1. The predicted octanol–water partition coefficient (Wildman–Crippen LogP) is 4.78. The number of carboxylic acids is 1. The molecule has 3 rings (SSSR count). The molecule has 1 N–H and O–H groups in total. The number of unbranched alkanes of at least 4 members (excludes halogenated alkanes) is 1. The van der Waals surface area contributed by atoms with Crippen molar-refractivity contribution in [2.45, 2.75) is 26.3 Å². The number of carbonyl (C=O) groups excluding carboxylic acids is 1. The van der Waals surface area contributed by atoms with Gasteiger partial charge < -0.3 is 10.0 Å². The first-order chi connectivity index (χ1) is 14.5. The van der Waals surface area contributed by atoms with Crippen molar-refractivity contribution in [2.75, 3.05) is 18.0 Å². The van der Waals surface area contributed by atoms with Gasteiger partial charge in [-0.2, -0.15) is 0 Å². The Morgan fingerprint density at radius 2 is 1.87 bits per heavy atom. The summed E-state index contributed by atoms with van der Waals surface area (Å²) in [4.78, 5) is 27.3. The fourth-order valence-electron chi connectivity index (χ4n) is 3.16. The zero-order valence-corrected chi connectivity index (χ0v) is 18.4. The fraction of sp³-hybridized carbons (Fsp3) is 0.261. The first-order valence-corrected chi connectivity index (χ1v) is 11.1. The van der Waals surface area contributed by atoms with Crippen LogP contribution in [0.4, 0.5) is 5.69 Å². The third-order valence-electron chi connectivity index (χ3n) is 4.72. The molecule has 0 saturated carbocycles. The number of benzene rings is 2. The molecule has 30 heavy (non-hydrogen) atoms. The van der Waals surface area contributed by atoms with E-state index in [0.29, 0.717) is 4.91 Å². The molecule has 1 aliphatic heterocycles. The second kappa shape index (κ2) is 10.4. The zero-order chi connectivity index (χ0) is 21.5. The van der Waals surface area contributed by atoms with Crippen LogP contribution in [0.5, 0.6) is 0 Å². The standard InChI is InChI=1S/C23H24N2O3S2/c1-2-3-13-24(15-18-7-5-4-6-8-18)19-11-9-17(10-12-19)14-20-22(28)25(16-21(26)27)23(29)30-20/h4-12,14H,2-3,13,15-16H2,1H3,(H,26,27)/b20-14-.